The number of carbonyl (C=O) groups excluding carboxylic acids is 1. The summed E-state index contributed by atoms with van der Waals surface area (Å²) in [5.74, 6) is 3.54. The standard InChI is InChI=1S/C30H32NO7/c1-33-25-9-7-19(14-27(25)35-3)13-23-22-17-30(38-6)29(37-5)15-20(22)11-12-31(23)18-24(32)21-8-10-26(34-2)28(16-21)36-4/h7-12,14-17H,13,18H2,1-6H3/q+1. The Bertz CT molecular complexity index is 1470. The number of aromatic nitrogens is 1. The second-order valence-electron chi connectivity index (χ2n) is 8.54. The third-order valence-electron chi connectivity index (χ3n) is 6.49. The van der Waals surface area contributed by atoms with Gasteiger partial charge in [0.2, 0.25) is 12.3 Å². The summed E-state index contributed by atoms with van der Waals surface area (Å²) < 4.78 is 34.7. The average Bonchev–Trinajstić information content (AvgIpc) is 2.96. The van der Waals surface area contributed by atoms with E-state index < -0.39 is 0 Å². The highest BCUT2D eigenvalue weighted by atomic mass is 16.5. The fourth-order valence-electron chi connectivity index (χ4n) is 4.48. The van der Waals surface area contributed by atoms with Gasteiger partial charge < -0.3 is 28.4 Å². The molecular formula is C30H32NO7+. The lowest BCUT2D eigenvalue weighted by molar-refractivity contribution is -0.688. The fraction of sp³-hybridized carbons (Fsp3) is 0.267. The molecule has 0 saturated heterocycles. The number of carbonyl (C=O) groups is 1. The number of fused-ring (bicyclic) bond motifs is 1. The van der Waals surface area contributed by atoms with Gasteiger partial charge in [-0.15, -0.1) is 0 Å². The van der Waals surface area contributed by atoms with Gasteiger partial charge in [0, 0.05) is 11.6 Å². The Morgan fingerprint density at radius 3 is 1.82 bits per heavy atom. The van der Waals surface area contributed by atoms with E-state index in [1.807, 2.05) is 47.2 Å². The second kappa shape index (κ2) is 11.7. The lowest BCUT2D eigenvalue weighted by Crippen LogP contribution is -2.42. The monoisotopic (exact) mass is 518 g/mol. The summed E-state index contributed by atoms with van der Waals surface area (Å²) in [7, 11) is 9.55. The molecule has 0 aliphatic heterocycles. The van der Waals surface area contributed by atoms with Gasteiger partial charge in [-0.05, 0) is 53.4 Å². The normalized spacial score (nSPS) is 10.7. The number of ether oxygens (including phenoxy) is 6. The van der Waals surface area contributed by atoms with Gasteiger partial charge in [0.05, 0.1) is 54.5 Å². The van der Waals surface area contributed by atoms with Crippen LogP contribution in [0, 0.1) is 0 Å². The molecule has 198 valence electrons. The van der Waals surface area contributed by atoms with Crippen LogP contribution in [0.1, 0.15) is 21.6 Å². The molecule has 0 saturated carbocycles. The summed E-state index contributed by atoms with van der Waals surface area (Å²) in [4.78, 5) is 13.4. The van der Waals surface area contributed by atoms with Crippen molar-refractivity contribution in [3.63, 3.8) is 0 Å². The minimum atomic E-state index is -0.0654. The van der Waals surface area contributed by atoms with Crippen molar-refractivity contribution >= 4 is 16.6 Å². The van der Waals surface area contributed by atoms with Crippen LogP contribution in [0.5, 0.6) is 34.5 Å². The van der Waals surface area contributed by atoms with Gasteiger partial charge in [0.25, 0.3) is 0 Å². The van der Waals surface area contributed by atoms with E-state index in [2.05, 4.69) is 0 Å². The molecule has 0 bridgehead atoms. The topological polar surface area (TPSA) is 76.3 Å². The van der Waals surface area contributed by atoms with Crippen LogP contribution < -0.4 is 33.0 Å². The highest BCUT2D eigenvalue weighted by molar-refractivity contribution is 5.96. The van der Waals surface area contributed by atoms with Gasteiger partial charge in [-0.2, -0.15) is 4.57 Å². The van der Waals surface area contributed by atoms with E-state index in [-0.39, 0.29) is 12.3 Å². The smallest absolute Gasteiger partial charge is 0.227 e. The van der Waals surface area contributed by atoms with Crippen LogP contribution in [-0.4, -0.2) is 48.4 Å². The Labute approximate surface area is 222 Å². The zero-order chi connectivity index (χ0) is 27.2. The molecule has 0 fully saturated rings. The van der Waals surface area contributed by atoms with E-state index in [1.165, 1.54) is 0 Å². The summed E-state index contributed by atoms with van der Waals surface area (Å²) in [6.07, 6.45) is 2.45. The maximum Gasteiger partial charge on any atom is 0.227 e. The molecular weight excluding hydrogens is 486 g/mol. The van der Waals surface area contributed by atoms with Gasteiger partial charge in [-0.1, -0.05) is 6.07 Å². The van der Waals surface area contributed by atoms with Crippen LogP contribution in [0.25, 0.3) is 10.8 Å². The molecule has 0 unspecified atom stereocenters. The number of nitrogens with zero attached hydrogens (tertiary/aromatic N) is 1. The maximum atomic E-state index is 13.4. The van der Waals surface area contributed by atoms with Gasteiger partial charge in [-0.3, -0.25) is 4.79 Å². The molecule has 0 radical (unpaired) electrons. The number of hydrogen-bond donors (Lipinski definition) is 0. The first-order chi connectivity index (χ1) is 18.5. The number of pyridine rings is 1. The van der Waals surface area contributed by atoms with Gasteiger partial charge in [-0.25, -0.2) is 0 Å². The van der Waals surface area contributed by atoms with Crippen molar-refractivity contribution in [1.29, 1.82) is 0 Å². The number of Topliss-reactive ketones (excluding diaryl/α,β-unsaturated/α-hetero) is 1. The SMILES string of the molecule is COc1ccc(Cc2c3cc(OC)c(OC)cc3cc[n+]2CC(=O)c2ccc(OC)c(OC)c2)cc1OC. The maximum absolute atomic E-state index is 13.4. The third-order valence-corrected chi connectivity index (χ3v) is 6.49. The summed E-state index contributed by atoms with van der Waals surface area (Å²) in [6.45, 7) is 0.127. The number of hydrogen-bond acceptors (Lipinski definition) is 7. The van der Waals surface area contributed by atoms with Crippen molar-refractivity contribution in [2.75, 3.05) is 42.7 Å². The molecule has 8 heteroatoms. The Morgan fingerprint density at radius 1 is 0.632 bits per heavy atom. The molecule has 4 rings (SSSR count). The first-order valence-corrected chi connectivity index (χ1v) is 12.0. The molecule has 3 aromatic carbocycles. The van der Waals surface area contributed by atoms with Crippen molar-refractivity contribution in [2.24, 2.45) is 0 Å². The second-order valence-corrected chi connectivity index (χ2v) is 8.54. The Balaban J connectivity index is 1.82. The Morgan fingerprint density at radius 2 is 1.18 bits per heavy atom. The predicted octanol–water partition coefficient (Wildman–Crippen LogP) is 4.65. The zero-order valence-corrected chi connectivity index (χ0v) is 22.5. The number of ketones is 1. The van der Waals surface area contributed by atoms with Crippen molar-refractivity contribution in [1.82, 2.24) is 0 Å². The summed E-state index contributed by atoms with van der Waals surface area (Å²) >= 11 is 0. The van der Waals surface area contributed by atoms with Gasteiger partial charge in [0.1, 0.15) is 0 Å². The highest BCUT2D eigenvalue weighted by Gasteiger charge is 2.23. The summed E-state index contributed by atoms with van der Waals surface area (Å²) in [5, 5.41) is 1.91. The Hall–Kier alpha value is -4.46. The minimum Gasteiger partial charge on any atom is -0.493 e. The number of benzene rings is 3. The van der Waals surface area contributed by atoms with E-state index in [0.717, 1.165) is 22.0 Å². The van der Waals surface area contributed by atoms with E-state index in [9.17, 15) is 4.79 Å². The molecule has 38 heavy (non-hydrogen) atoms. The number of methoxy groups -OCH3 is 6. The Kier molecular flexibility index (Phi) is 8.21. The molecule has 0 spiro atoms. The molecule has 0 atom stereocenters. The van der Waals surface area contributed by atoms with Crippen molar-refractivity contribution in [3.8, 4) is 34.5 Å². The van der Waals surface area contributed by atoms with E-state index in [1.54, 1.807) is 60.9 Å². The van der Waals surface area contributed by atoms with Crippen LogP contribution in [0.2, 0.25) is 0 Å². The lowest BCUT2D eigenvalue weighted by atomic mass is 10.0. The molecule has 0 N–H and O–H groups in total. The summed E-state index contributed by atoms with van der Waals surface area (Å²) in [5.41, 5.74) is 2.46. The third kappa shape index (κ3) is 5.29. The van der Waals surface area contributed by atoms with Crippen LogP contribution in [0.15, 0.2) is 60.8 Å². The first kappa shape index (κ1) is 26.6. The molecule has 1 aromatic heterocycles. The fourth-order valence-corrected chi connectivity index (χ4v) is 4.48. The molecule has 0 amide bonds. The van der Waals surface area contributed by atoms with Crippen LogP contribution in [0.4, 0.5) is 0 Å². The van der Waals surface area contributed by atoms with Crippen molar-refractivity contribution in [3.05, 3.63) is 77.6 Å². The quantitative estimate of drug-likeness (QED) is 0.211. The molecule has 8 nitrogen and oxygen atoms in total. The van der Waals surface area contributed by atoms with Crippen molar-refractivity contribution in [2.45, 2.75) is 13.0 Å². The molecule has 1 heterocycles. The van der Waals surface area contributed by atoms with Crippen LogP contribution in [-0.2, 0) is 13.0 Å². The highest BCUT2D eigenvalue weighted by Crippen LogP contribution is 2.34. The van der Waals surface area contributed by atoms with E-state index in [4.69, 9.17) is 28.4 Å². The number of rotatable bonds is 11. The average molecular weight is 519 g/mol. The van der Waals surface area contributed by atoms with Crippen molar-refractivity contribution < 1.29 is 37.8 Å². The van der Waals surface area contributed by atoms with E-state index >= 15 is 0 Å². The van der Waals surface area contributed by atoms with E-state index in [0.29, 0.717) is 46.5 Å². The van der Waals surface area contributed by atoms with Crippen LogP contribution in [0.3, 0.4) is 0 Å². The van der Waals surface area contributed by atoms with Gasteiger partial charge >= 0.3 is 0 Å². The first-order valence-electron chi connectivity index (χ1n) is 12.0. The van der Waals surface area contributed by atoms with Crippen LogP contribution >= 0.6 is 0 Å². The largest absolute Gasteiger partial charge is 0.493 e. The molecule has 0 aliphatic carbocycles. The molecule has 4 aromatic rings. The van der Waals surface area contributed by atoms with Gasteiger partial charge in [0.15, 0.2) is 46.4 Å². The molecule has 0 aliphatic rings. The zero-order valence-electron chi connectivity index (χ0n) is 22.5. The predicted molar refractivity (Wildman–Crippen MR) is 143 cm³/mol. The lowest BCUT2D eigenvalue weighted by Gasteiger charge is -2.13. The minimum absolute atomic E-state index is 0.0654. The summed E-state index contributed by atoms with van der Waals surface area (Å²) in [6, 6.07) is 16.8.